The van der Waals surface area contributed by atoms with Crippen molar-refractivity contribution in [3.05, 3.63) is 65.2 Å². The standard InChI is InChI=1S/C17H11F5N4O/c1-8-24-14(15(25-8)17(20,21)22)9-5-6-12(23-7-9)26-16(27)13-10(18)3-2-4-11(13)19/h2-7H,1H3,(H,24,25)(H,23,26,27). The minimum atomic E-state index is -4.63. The van der Waals surface area contributed by atoms with Gasteiger partial charge in [-0.2, -0.15) is 13.2 Å². The van der Waals surface area contributed by atoms with E-state index in [0.29, 0.717) is 0 Å². The van der Waals surface area contributed by atoms with E-state index in [1.807, 2.05) is 0 Å². The third kappa shape index (κ3) is 3.78. The molecule has 0 aliphatic heterocycles. The van der Waals surface area contributed by atoms with Crippen molar-refractivity contribution < 1.29 is 26.7 Å². The number of halogens is 5. The molecule has 0 bridgehead atoms. The van der Waals surface area contributed by atoms with Crippen LogP contribution in [0.2, 0.25) is 0 Å². The van der Waals surface area contributed by atoms with Crippen LogP contribution in [0, 0.1) is 18.6 Å². The number of nitrogens with zero attached hydrogens (tertiary/aromatic N) is 2. The molecule has 0 saturated heterocycles. The minimum Gasteiger partial charge on any atom is -0.338 e. The van der Waals surface area contributed by atoms with Crippen molar-refractivity contribution in [2.75, 3.05) is 5.32 Å². The number of imidazole rings is 1. The summed E-state index contributed by atoms with van der Waals surface area (Å²) in [5.74, 6) is -3.19. The number of benzene rings is 1. The summed E-state index contributed by atoms with van der Waals surface area (Å²) in [6, 6.07) is 5.42. The predicted molar refractivity (Wildman–Crippen MR) is 85.9 cm³/mol. The topological polar surface area (TPSA) is 70.7 Å². The van der Waals surface area contributed by atoms with Gasteiger partial charge < -0.3 is 10.3 Å². The van der Waals surface area contributed by atoms with Gasteiger partial charge in [0, 0.05) is 11.8 Å². The summed E-state index contributed by atoms with van der Waals surface area (Å²) in [7, 11) is 0. The number of hydrogen-bond acceptors (Lipinski definition) is 3. The van der Waals surface area contributed by atoms with Gasteiger partial charge in [-0.15, -0.1) is 0 Å². The van der Waals surface area contributed by atoms with Gasteiger partial charge in [-0.05, 0) is 31.2 Å². The molecule has 10 heteroatoms. The van der Waals surface area contributed by atoms with Crippen LogP contribution in [0.3, 0.4) is 0 Å². The summed E-state index contributed by atoms with van der Waals surface area (Å²) in [4.78, 5) is 21.8. The van der Waals surface area contributed by atoms with Crippen molar-refractivity contribution >= 4 is 11.7 Å². The van der Waals surface area contributed by atoms with Gasteiger partial charge in [0.1, 0.15) is 40.2 Å². The molecule has 0 fully saturated rings. The van der Waals surface area contributed by atoms with Gasteiger partial charge in [0.15, 0.2) is 0 Å². The Morgan fingerprint density at radius 1 is 1.11 bits per heavy atom. The van der Waals surface area contributed by atoms with Crippen LogP contribution in [0.4, 0.5) is 27.8 Å². The third-order valence-corrected chi connectivity index (χ3v) is 3.57. The summed E-state index contributed by atoms with van der Waals surface area (Å²) < 4.78 is 66.3. The van der Waals surface area contributed by atoms with Crippen LogP contribution in [-0.2, 0) is 6.18 Å². The molecular formula is C17H11F5N4O. The Morgan fingerprint density at radius 3 is 2.33 bits per heavy atom. The van der Waals surface area contributed by atoms with Crippen LogP contribution in [0.25, 0.3) is 11.3 Å². The van der Waals surface area contributed by atoms with Gasteiger partial charge >= 0.3 is 6.18 Å². The van der Waals surface area contributed by atoms with Crippen LogP contribution in [-0.4, -0.2) is 20.9 Å². The number of alkyl halides is 3. The molecule has 0 unspecified atom stereocenters. The van der Waals surface area contributed by atoms with E-state index in [1.54, 1.807) is 0 Å². The van der Waals surface area contributed by atoms with E-state index in [9.17, 15) is 26.7 Å². The minimum absolute atomic E-state index is 0.0572. The van der Waals surface area contributed by atoms with Crippen LogP contribution < -0.4 is 5.32 Å². The van der Waals surface area contributed by atoms with Crippen molar-refractivity contribution in [1.82, 2.24) is 15.0 Å². The number of aromatic amines is 1. The summed E-state index contributed by atoms with van der Waals surface area (Å²) >= 11 is 0. The maximum absolute atomic E-state index is 13.6. The molecule has 1 aromatic carbocycles. The van der Waals surface area contributed by atoms with Gasteiger partial charge in [-0.3, -0.25) is 4.79 Å². The van der Waals surface area contributed by atoms with Gasteiger partial charge in [-0.25, -0.2) is 18.7 Å². The second kappa shape index (κ2) is 6.78. The lowest BCUT2D eigenvalue weighted by Crippen LogP contribution is -2.16. The van der Waals surface area contributed by atoms with Crippen LogP contribution in [0.5, 0.6) is 0 Å². The third-order valence-electron chi connectivity index (χ3n) is 3.57. The number of hydrogen-bond donors (Lipinski definition) is 2. The first-order valence-electron chi connectivity index (χ1n) is 7.52. The smallest absolute Gasteiger partial charge is 0.338 e. The predicted octanol–water partition coefficient (Wildman–Crippen LogP) is 4.33. The monoisotopic (exact) mass is 382 g/mol. The van der Waals surface area contributed by atoms with Crippen molar-refractivity contribution in [2.45, 2.75) is 13.1 Å². The largest absolute Gasteiger partial charge is 0.433 e. The maximum Gasteiger partial charge on any atom is 0.433 e. The van der Waals surface area contributed by atoms with E-state index in [1.165, 1.54) is 19.1 Å². The molecular weight excluding hydrogens is 371 g/mol. The fraction of sp³-hybridized carbons (Fsp3) is 0.118. The molecule has 0 aliphatic rings. The first-order chi connectivity index (χ1) is 12.7. The number of aryl methyl sites for hydroxylation is 1. The highest BCUT2D eigenvalue weighted by Crippen LogP contribution is 2.35. The Bertz CT molecular complexity index is 975. The second-order valence-corrected chi connectivity index (χ2v) is 5.53. The first kappa shape index (κ1) is 18.5. The Balaban J connectivity index is 1.86. The Morgan fingerprint density at radius 2 is 1.78 bits per heavy atom. The van der Waals surface area contributed by atoms with Gasteiger partial charge in [0.05, 0.1) is 0 Å². The number of amides is 1. The van der Waals surface area contributed by atoms with Gasteiger partial charge in [-0.1, -0.05) is 6.07 Å². The second-order valence-electron chi connectivity index (χ2n) is 5.53. The number of carbonyl (C=O) groups is 1. The molecule has 0 atom stereocenters. The van der Waals surface area contributed by atoms with E-state index < -0.39 is 35.0 Å². The van der Waals surface area contributed by atoms with E-state index in [0.717, 1.165) is 24.4 Å². The number of pyridine rings is 1. The number of anilines is 1. The average Bonchev–Trinajstić information content (AvgIpc) is 2.97. The van der Waals surface area contributed by atoms with Crippen molar-refractivity contribution in [3.63, 3.8) is 0 Å². The molecule has 2 aromatic heterocycles. The molecule has 2 heterocycles. The molecule has 5 nitrogen and oxygen atoms in total. The summed E-state index contributed by atoms with van der Waals surface area (Å²) in [5.41, 5.74) is -2.09. The number of carbonyl (C=O) groups excluding carboxylic acids is 1. The van der Waals surface area contributed by atoms with E-state index in [-0.39, 0.29) is 22.9 Å². The lowest BCUT2D eigenvalue weighted by atomic mass is 10.1. The highest BCUT2D eigenvalue weighted by atomic mass is 19.4. The SMILES string of the molecule is Cc1nc(-c2ccc(NC(=O)c3c(F)cccc3F)nc2)c(C(F)(F)F)[nH]1. The Kier molecular flexibility index (Phi) is 4.64. The summed E-state index contributed by atoms with van der Waals surface area (Å²) in [6.45, 7) is 1.38. The van der Waals surface area contributed by atoms with Crippen LogP contribution in [0.15, 0.2) is 36.5 Å². The fourth-order valence-electron chi connectivity index (χ4n) is 2.41. The zero-order chi connectivity index (χ0) is 19.8. The van der Waals surface area contributed by atoms with E-state index in [4.69, 9.17) is 0 Å². The highest BCUT2D eigenvalue weighted by molar-refractivity contribution is 6.04. The number of aromatic nitrogens is 3. The average molecular weight is 382 g/mol. The normalized spacial score (nSPS) is 11.5. The molecule has 3 rings (SSSR count). The summed E-state index contributed by atoms with van der Waals surface area (Å²) in [5, 5.41) is 2.19. The zero-order valence-electron chi connectivity index (χ0n) is 13.7. The van der Waals surface area contributed by atoms with Crippen molar-refractivity contribution in [2.24, 2.45) is 0 Å². The molecule has 0 spiro atoms. The molecule has 0 aliphatic carbocycles. The lowest BCUT2D eigenvalue weighted by molar-refractivity contribution is -0.140. The van der Waals surface area contributed by atoms with Crippen LogP contribution in [0.1, 0.15) is 21.9 Å². The summed E-state index contributed by atoms with van der Waals surface area (Å²) in [6.07, 6.45) is -3.57. The van der Waals surface area contributed by atoms with Crippen molar-refractivity contribution in [1.29, 1.82) is 0 Å². The quantitative estimate of drug-likeness (QED) is 0.663. The first-order valence-corrected chi connectivity index (χ1v) is 7.52. The molecule has 0 saturated carbocycles. The molecule has 3 aromatic rings. The van der Waals surface area contributed by atoms with E-state index in [2.05, 4.69) is 20.3 Å². The molecule has 27 heavy (non-hydrogen) atoms. The molecule has 1 amide bonds. The number of H-pyrrole nitrogens is 1. The molecule has 2 N–H and O–H groups in total. The van der Waals surface area contributed by atoms with Gasteiger partial charge in [0.2, 0.25) is 0 Å². The zero-order valence-corrected chi connectivity index (χ0v) is 13.7. The molecule has 0 radical (unpaired) electrons. The van der Waals surface area contributed by atoms with E-state index >= 15 is 0 Å². The fourth-order valence-corrected chi connectivity index (χ4v) is 2.41. The molecule has 140 valence electrons. The van der Waals surface area contributed by atoms with Gasteiger partial charge in [0.25, 0.3) is 5.91 Å². The highest BCUT2D eigenvalue weighted by Gasteiger charge is 2.36. The maximum atomic E-state index is 13.6. The Labute approximate surface area is 149 Å². The van der Waals surface area contributed by atoms with Crippen molar-refractivity contribution in [3.8, 4) is 11.3 Å². The number of nitrogens with one attached hydrogen (secondary N) is 2. The Hall–Kier alpha value is -3.30. The van der Waals surface area contributed by atoms with Crippen LogP contribution >= 0.6 is 0 Å². The number of rotatable bonds is 3. The lowest BCUT2D eigenvalue weighted by Gasteiger charge is -2.08.